The van der Waals surface area contributed by atoms with Crippen LogP contribution >= 0.6 is 11.6 Å². The minimum absolute atomic E-state index is 0.00206. The predicted octanol–water partition coefficient (Wildman–Crippen LogP) is 1.49. The van der Waals surface area contributed by atoms with Crippen LogP contribution in [0.5, 0.6) is 0 Å². The van der Waals surface area contributed by atoms with Gasteiger partial charge in [-0.25, -0.2) is 8.42 Å². The zero-order chi connectivity index (χ0) is 12.9. The molecule has 96 valence electrons. The standard InChI is InChI=1S/C12H12ClNO3S/c13-9-1-3-10(4-2-9)14-11-7-18(16,17)6-8(11)5-12(14)15/h1-4,8,11H,5-7H2. The molecule has 0 aromatic heterocycles. The molecule has 0 saturated carbocycles. The first-order valence-corrected chi connectivity index (χ1v) is 7.94. The summed E-state index contributed by atoms with van der Waals surface area (Å²) < 4.78 is 23.2. The molecule has 2 aliphatic heterocycles. The van der Waals surface area contributed by atoms with Crippen molar-refractivity contribution in [2.75, 3.05) is 16.4 Å². The fraction of sp³-hybridized carbons (Fsp3) is 0.417. The third-order valence-corrected chi connectivity index (χ3v) is 5.62. The van der Waals surface area contributed by atoms with Crippen molar-refractivity contribution in [3.05, 3.63) is 29.3 Å². The second-order valence-corrected chi connectivity index (χ2v) is 7.44. The van der Waals surface area contributed by atoms with Crippen LogP contribution < -0.4 is 4.90 Å². The van der Waals surface area contributed by atoms with E-state index < -0.39 is 9.84 Å². The molecule has 0 bridgehead atoms. The Kier molecular flexibility index (Phi) is 2.64. The van der Waals surface area contributed by atoms with Crippen molar-refractivity contribution >= 4 is 33.0 Å². The van der Waals surface area contributed by atoms with E-state index in [9.17, 15) is 13.2 Å². The van der Waals surface area contributed by atoms with Gasteiger partial charge in [-0.05, 0) is 24.3 Å². The summed E-state index contributed by atoms with van der Waals surface area (Å²) >= 11 is 5.81. The molecule has 18 heavy (non-hydrogen) atoms. The van der Waals surface area contributed by atoms with Crippen LogP contribution in [0.3, 0.4) is 0 Å². The summed E-state index contributed by atoms with van der Waals surface area (Å²) in [6.07, 6.45) is 0.326. The second-order valence-electron chi connectivity index (χ2n) is 4.85. The molecule has 1 amide bonds. The highest BCUT2D eigenvalue weighted by molar-refractivity contribution is 7.91. The smallest absolute Gasteiger partial charge is 0.227 e. The fourth-order valence-corrected chi connectivity index (χ4v) is 5.02. The Morgan fingerprint density at radius 3 is 2.50 bits per heavy atom. The van der Waals surface area contributed by atoms with Crippen LogP contribution in [0.2, 0.25) is 5.02 Å². The van der Waals surface area contributed by atoms with Gasteiger partial charge in [-0.2, -0.15) is 0 Å². The molecule has 2 fully saturated rings. The van der Waals surface area contributed by atoms with Gasteiger partial charge in [-0.3, -0.25) is 4.79 Å². The molecule has 2 heterocycles. The van der Waals surface area contributed by atoms with E-state index in [-0.39, 0.29) is 29.4 Å². The van der Waals surface area contributed by atoms with Gasteiger partial charge in [0, 0.05) is 23.0 Å². The minimum atomic E-state index is -3.00. The normalized spacial score (nSPS) is 29.6. The summed E-state index contributed by atoms with van der Waals surface area (Å²) in [5.74, 6) is 0.153. The lowest BCUT2D eigenvalue weighted by Gasteiger charge is -2.23. The Hall–Kier alpha value is -1.07. The number of amides is 1. The molecule has 2 atom stereocenters. The Labute approximate surface area is 110 Å². The molecule has 0 aliphatic carbocycles. The van der Waals surface area contributed by atoms with E-state index in [0.717, 1.165) is 5.69 Å². The summed E-state index contributed by atoms with van der Waals surface area (Å²) in [5.41, 5.74) is 0.731. The van der Waals surface area contributed by atoms with Crippen LogP contribution in [0.25, 0.3) is 0 Å². The topological polar surface area (TPSA) is 54.5 Å². The van der Waals surface area contributed by atoms with Gasteiger partial charge in [-0.15, -0.1) is 0 Å². The van der Waals surface area contributed by atoms with E-state index in [1.807, 2.05) is 0 Å². The van der Waals surface area contributed by atoms with Gasteiger partial charge in [0.2, 0.25) is 5.91 Å². The molecule has 0 spiro atoms. The summed E-state index contributed by atoms with van der Waals surface area (Å²) in [5, 5.41) is 0.598. The van der Waals surface area contributed by atoms with Crippen LogP contribution in [0, 0.1) is 5.92 Å². The number of nitrogens with zero attached hydrogens (tertiary/aromatic N) is 1. The Bertz CT molecular complexity index is 596. The van der Waals surface area contributed by atoms with Crippen molar-refractivity contribution < 1.29 is 13.2 Å². The minimum Gasteiger partial charge on any atom is -0.308 e. The Morgan fingerprint density at radius 1 is 1.17 bits per heavy atom. The first-order chi connectivity index (χ1) is 8.46. The van der Waals surface area contributed by atoms with E-state index in [0.29, 0.717) is 11.4 Å². The van der Waals surface area contributed by atoms with E-state index >= 15 is 0 Å². The van der Waals surface area contributed by atoms with E-state index in [1.54, 1.807) is 29.2 Å². The van der Waals surface area contributed by atoms with Crippen LogP contribution in [0.4, 0.5) is 5.69 Å². The number of hydrogen-bond acceptors (Lipinski definition) is 3. The quantitative estimate of drug-likeness (QED) is 0.785. The summed E-state index contributed by atoms with van der Waals surface area (Å²) in [7, 11) is -3.00. The Balaban J connectivity index is 1.96. The van der Waals surface area contributed by atoms with Crippen molar-refractivity contribution in [1.29, 1.82) is 0 Å². The summed E-state index contributed by atoms with van der Waals surface area (Å²) in [4.78, 5) is 13.6. The van der Waals surface area contributed by atoms with Crippen molar-refractivity contribution in [3.63, 3.8) is 0 Å². The number of sulfone groups is 1. The van der Waals surface area contributed by atoms with E-state index in [1.165, 1.54) is 0 Å². The number of hydrogen-bond donors (Lipinski definition) is 0. The molecular weight excluding hydrogens is 274 g/mol. The lowest BCUT2D eigenvalue weighted by molar-refractivity contribution is -0.117. The second kappa shape index (κ2) is 3.96. The maximum Gasteiger partial charge on any atom is 0.227 e. The molecule has 3 rings (SSSR count). The van der Waals surface area contributed by atoms with Gasteiger partial charge >= 0.3 is 0 Å². The summed E-state index contributed by atoms with van der Waals surface area (Å²) in [6, 6.07) is 6.73. The first-order valence-electron chi connectivity index (χ1n) is 5.74. The highest BCUT2D eigenvalue weighted by Crippen LogP contribution is 2.37. The Morgan fingerprint density at radius 2 is 1.83 bits per heavy atom. The number of halogens is 1. The molecule has 2 saturated heterocycles. The number of rotatable bonds is 1. The monoisotopic (exact) mass is 285 g/mol. The molecule has 1 aromatic rings. The number of carbonyl (C=O) groups excluding carboxylic acids is 1. The summed E-state index contributed by atoms with van der Waals surface area (Å²) in [6.45, 7) is 0. The van der Waals surface area contributed by atoms with Crippen LogP contribution in [-0.4, -0.2) is 31.9 Å². The average Bonchev–Trinajstić information content (AvgIpc) is 2.70. The maximum atomic E-state index is 12.0. The molecule has 2 unspecified atom stereocenters. The zero-order valence-electron chi connectivity index (χ0n) is 9.54. The first kappa shape index (κ1) is 12.0. The van der Waals surface area contributed by atoms with Gasteiger partial charge in [0.25, 0.3) is 0 Å². The maximum absolute atomic E-state index is 12.0. The van der Waals surface area contributed by atoms with Gasteiger partial charge in [0.05, 0.1) is 17.5 Å². The molecule has 2 aliphatic rings. The number of fused-ring (bicyclic) bond motifs is 1. The van der Waals surface area contributed by atoms with Crippen LogP contribution in [0.15, 0.2) is 24.3 Å². The van der Waals surface area contributed by atoms with Gasteiger partial charge in [-0.1, -0.05) is 11.6 Å². The van der Waals surface area contributed by atoms with E-state index in [2.05, 4.69) is 0 Å². The van der Waals surface area contributed by atoms with Crippen molar-refractivity contribution in [3.8, 4) is 0 Å². The van der Waals surface area contributed by atoms with Crippen LogP contribution in [0.1, 0.15) is 6.42 Å². The number of carbonyl (C=O) groups is 1. The van der Waals surface area contributed by atoms with Crippen molar-refractivity contribution in [2.24, 2.45) is 5.92 Å². The highest BCUT2D eigenvalue weighted by atomic mass is 35.5. The number of benzene rings is 1. The molecular formula is C12H12ClNO3S. The zero-order valence-corrected chi connectivity index (χ0v) is 11.1. The van der Waals surface area contributed by atoms with Crippen molar-refractivity contribution in [1.82, 2.24) is 0 Å². The third kappa shape index (κ3) is 1.91. The molecule has 0 radical (unpaired) electrons. The van der Waals surface area contributed by atoms with Crippen LogP contribution in [-0.2, 0) is 14.6 Å². The highest BCUT2D eigenvalue weighted by Gasteiger charge is 2.49. The average molecular weight is 286 g/mol. The van der Waals surface area contributed by atoms with Gasteiger partial charge < -0.3 is 4.90 Å². The lowest BCUT2D eigenvalue weighted by atomic mass is 10.1. The third-order valence-electron chi connectivity index (χ3n) is 3.58. The van der Waals surface area contributed by atoms with Gasteiger partial charge in [0.1, 0.15) is 0 Å². The van der Waals surface area contributed by atoms with Gasteiger partial charge in [0.15, 0.2) is 9.84 Å². The van der Waals surface area contributed by atoms with E-state index in [4.69, 9.17) is 11.6 Å². The largest absolute Gasteiger partial charge is 0.308 e. The molecule has 0 N–H and O–H groups in total. The number of anilines is 1. The predicted molar refractivity (Wildman–Crippen MR) is 69.5 cm³/mol. The SMILES string of the molecule is O=C1CC2CS(=O)(=O)CC2N1c1ccc(Cl)cc1. The molecule has 6 heteroatoms. The fourth-order valence-electron chi connectivity index (χ4n) is 2.83. The van der Waals surface area contributed by atoms with Crippen molar-refractivity contribution in [2.45, 2.75) is 12.5 Å². The molecule has 1 aromatic carbocycles. The lowest BCUT2D eigenvalue weighted by Crippen LogP contribution is -2.36. The molecule has 4 nitrogen and oxygen atoms in total.